The Hall–Kier alpha value is -0.830. The van der Waals surface area contributed by atoms with Crippen LogP contribution in [-0.2, 0) is 6.54 Å². The molecule has 1 saturated carbocycles. The number of aromatic nitrogens is 2. The summed E-state index contributed by atoms with van der Waals surface area (Å²) in [6, 6.07) is 1.97. The maximum absolute atomic E-state index is 5.55. The fourth-order valence-electron chi connectivity index (χ4n) is 1.68. The van der Waals surface area contributed by atoms with Crippen molar-refractivity contribution in [1.82, 2.24) is 9.78 Å². The van der Waals surface area contributed by atoms with Crippen molar-refractivity contribution in [2.45, 2.75) is 19.4 Å². The van der Waals surface area contributed by atoms with E-state index < -0.39 is 0 Å². The summed E-state index contributed by atoms with van der Waals surface area (Å²) in [5, 5.41) is 4.15. The second-order valence-corrected chi connectivity index (χ2v) is 3.55. The average molecular weight is 165 g/mol. The Morgan fingerprint density at radius 3 is 3.00 bits per heavy atom. The van der Waals surface area contributed by atoms with Gasteiger partial charge >= 0.3 is 0 Å². The van der Waals surface area contributed by atoms with E-state index in [9.17, 15) is 0 Å². The number of hydrogen-bond acceptors (Lipinski definition) is 2. The van der Waals surface area contributed by atoms with Gasteiger partial charge in [-0.25, -0.2) is 0 Å². The molecule has 0 amide bonds. The van der Waals surface area contributed by atoms with Gasteiger partial charge in [0.15, 0.2) is 0 Å². The quantitative estimate of drug-likeness (QED) is 0.719. The highest BCUT2D eigenvalue weighted by Crippen LogP contribution is 2.40. The zero-order valence-corrected chi connectivity index (χ0v) is 7.19. The molecular formula is C9H15N3. The van der Waals surface area contributed by atoms with E-state index in [0.29, 0.717) is 0 Å². The van der Waals surface area contributed by atoms with Crippen molar-refractivity contribution >= 4 is 0 Å². The molecule has 0 aliphatic heterocycles. The third-order valence-corrected chi connectivity index (χ3v) is 2.66. The standard InChI is InChI=1S/C9H15N3/c10-7-9-6-8(9)2-5-12-4-1-3-11-12/h1,3-4,8-9H,2,5-7,10H2/t8-,9+/m1/s1. The van der Waals surface area contributed by atoms with Gasteiger partial charge in [-0.1, -0.05) is 0 Å². The first kappa shape index (κ1) is 7.80. The summed E-state index contributed by atoms with van der Waals surface area (Å²) in [7, 11) is 0. The van der Waals surface area contributed by atoms with Gasteiger partial charge in [0.05, 0.1) is 0 Å². The molecule has 66 valence electrons. The average Bonchev–Trinajstić information content (AvgIpc) is 2.67. The molecule has 2 atom stereocenters. The lowest BCUT2D eigenvalue weighted by atomic mass is 10.2. The van der Waals surface area contributed by atoms with Crippen molar-refractivity contribution in [3.05, 3.63) is 18.5 Å². The molecular weight excluding hydrogens is 150 g/mol. The van der Waals surface area contributed by atoms with Crippen molar-refractivity contribution in [3.8, 4) is 0 Å². The van der Waals surface area contributed by atoms with Crippen molar-refractivity contribution in [1.29, 1.82) is 0 Å². The van der Waals surface area contributed by atoms with Gasteiger partial charge in [0.25, 0.3) is 0 Å². The van der Waals surface area contributed by atoms with Crippen LogP contribution in [-0.4, -0.2) is 16.3 Å². The molecule has 1 heterocycles. The van der Waals surface area contributed by atoms with E-state index in [1.54, 1.807) is 0 Å². The number of nitrogens with zero attached hydrogens (tertiary/aromatic N) is 2. The molecule has 12 heavy (non-hydrogen) atoms. The van der Waals surface area contributed by atoms with Gasteiger partial charge < -0.3 is 5.73 Å². The summed E-state index contributed by atoms with van der Waals surface area (Å²) in [6.45, 7) is 1.91. The SMILES string of the molecule is NC[C@@H]1C[C@H]1CCn1cccn1. The third-order valence-electron chi connectivity index (χ3n) is 2.66. The number of nitrogens with two attached hydrogens (primary N) is 1. The number of rotatable bonds is 4. The van der Waals surface area contributed by atoms with Crippen molar-refractivity contribution in [3.63, 3.8) is 0 Å². The van der Waals surface area contributed by atoms with Crippen LogP contribution in [0.2, 0.25) is 0 Å². The molecule has 1 fully saturated rings. The molecule has 1 aliphatic rings. The minimum Gasteiger partial charge on any atom is -0.330 e. The van der Waals surface area contributed by atoms with Crippen LogP contribution in [0.1, 0.15) is 12.8 Å². The molecule has 0 radical (unpaired) electrons. The molecule has 0 saturated heterocycles. The van der Waals surface area contributed by atoms with E-state index in [-0.39, 0.29) is 0 Å². The predicted octanol–water partition coefficient (Wildman–Crippen LogP) is 0.868. The summed E-state index contributed by atoms with van der Waals surface area (Å²) in [6.07, 6.45) is 6.41. The van der Waals surface area contributed by atoms with E-state index in [0.717, 1.165) is 24.9 Å². The van der Waals surface area contributed by atoms with Crippen molar-refractivity contribution < 1.29 is 0 Å². The van der Waals surface area contributed by atoms with E-state index >= 15 is 0 Å². The summed E-state index contributed by atoms with van der Waals surface area (Å²) >= 11 is 0. The normalized spacial score (nSPS) is 27.4. The van der Waals surface area contributed by atoms with Crippen LogP contribution in [0.3, 0.4) is 0 Å². The topological polar surface area (TPSA) is 43.8 Å². The predicted molar refractivity (Wildman–Crippen MR) is 47.5 cm³/mol. The molecule has 1 aliphatic carbocycles. The van der Waals surface area contributed by atoms with Crippen LogP contribution in [0.4, 0.5) is 0 Å². The van der Waals surface area contributed by atoms with Crippen molar-refractivity contribution in [2.75, 3.05) is 6.54 Å². The Bertz CT molecular complexity index is 230. The lowest BCUT2D eigenvalue weighted by molar-refractivity contribution is 0.525. The molecule has 0 spiro atoms. The minimum absolute atomic E-state index is 0.806. The summed E-state index contributed by atoms with van der Waals surface area (Å²) in [4.78, 5) is 0. The third kappa shape index (κ3) is 1.67. The first-order valence-corrected chi connectivity index (χ1v) is 4.57. The second-order valence-electron chi connectivity index (χ2n) is 3.55. The van der Waals surface area contributed by atoms with Gasteiger partial charge in [0, 0.05) is 18.9 Å². The van der Waals surface area contributed by atoms with E-state index in [1.165, 1.54) is 12.8 Å². The van der Waals surface area contributed by atoms with Crippen molar-refractivity contribution in [2.24, 2.45) is 17.6 Å². The monoisotopic (exact) mass is 165 g/mol. The van der Waals surface area contributed by atoms with E-state index in [1.807, 2.05) is 23.1 Å². The summed E-state index contributed by atoms with van der Waals surface area (Å²) in [5.74, 6) is 1.68. The van der Waals surface area contributed by atoms with Gasteiger partial charge in [-0.15, -0.1) is 0 Å². The van der Waals surface area contributed by atoms with Crippen LogP contribution < -0.4 is 5.73 Å². The van der Waals surface area contributed by atoms with Crippen LogP contribution in [0.5, 0.6) is 0 Å². The largest absolute Gasteiger partial charge is 0.330 e. The maximum atomic E-state index is 5.55. The fraction of sp³-hybridized carbons (Fsp3) is 0.667. The molecule has 1 aromatic heterocycles. The van der Waals surface area contributed by atoms with Gasteiger partial charge in [0.1, 0.15) is 0 Å². The molecule has 0 unspecified atom stereocenters. The molecule has 0 aromatic carbocycles. The summed E-state index contributed by atoms with van der Waals surface area (Å²) < 4.78 is 1.99. The molecule has 3 heteroatoms. The zero-order valence-electron chi connectivity index (χ0n) is 7.19. The van der Waals surface area contributed by atoms with Crippen LogP contribution in [0, 0.1) is 11.8 Å². The van der Waals surface area contributed by atoms with Gasteiger partial charge in [-0.2, -0.15) is 5.10 Å². The highest BCUT2D eigenvalue weighted by atomic mass is 15.3. The highest BCUT2D eigenvalue weighted by Gasteiger charge is 2.34. The smallest absolute Gasteiger partial charge is 0.0489 e. The molecule has 3 nitrogen and oxygen atoms in total. The van der Waals surface area contributed by atoms with Crippen LogP contribution in [0.25, 0.3) is 0 Å². The highest BCUT2D eigenvalue weighted by molar-refractivity contribution is 4.87. The Labute approximate surface area is 72.6 Å². The van der Waals surface area contributed by atoms with Gasteiger partial charge in [-0.3, -0.25) is 4.68 Å². The number of aryl methyl sites for hydroxylation is 1. The first-order chi connectivity index (χ1) is 5.90. The van der Waals surface area contributed by atoms with Gasteiger partial charge in [-0.05, 0) is 37.3 Å². The molecule has 2 rings (SSSR count). The number of hydrogen-bond donors (Lipinski definition) is 1. The lowest BCUT2D eigenvalue weighted by Gasteiger charge is -1.99. The Balaban J connectivity index is 1.71. The minimum atomic E-state index is 0.806. The van der Waals surface area contributed by atoms with Gasteiger partial charge in [0.2, 0.25) is 0 Å². The summed E-state index contributed by atoms with van der Waals surface area (Å²) in [5.41, 5.74) is 5.55. The molecule has 0 bridgehead atoms. The Morgan fingerprint density at radius 2 is 2.42 bits per heavy atom. The Kier molecular flexibility index (Phi) is 2.13. The van der Waals surface area contributed by atoms with E-state index in [4.69, 9.17) is 5.73 Å². The lowest BCUT2D eigenvalue weighted by Crippen LogP contribution is -2.04. The molecule has 2 N–H and O–H groups in total. The first-order valence-electron chi connectivity index (χ1n) is 4.57. The van der Waals surface area contributed by atoms with Crippen LogP contribution >= 0.6 is 0 Å². The second kappa shape index (κ2) is 3.27. The zero-order chi connectivity index (χ0) is 8.39. The van der Waals surface area contributed by atoms with E-state index in [2.05, 4.69) is 5.10 Å². The fourth-order valence-corrected chi connectivity index (χ4v) is 1.68. The molecule has 1 aromatic rings. The Morgan fingerprint density at radius 1 is 1.50 bits per heavy atom. The maximum Gasteiger partial charge on any atom is 0.0489 e. The van der Waals surface area contributed by atoms with Crippen LogP contribution in [0.15, 0.2) is 18.5 Å².